The lowest BCUT2D eigenvalue weighted by Gasteiger charge is -2.41. The monoisotopic (exact) mass is 348 g/mol. The molecule has 1 atom stereocenters. The molecule has 0 aromatic carbocycles. The van der Waals surface area contributed by atoms with E-state index >= 15 is 0 Å². The van der Waals surface area contributed by atoms with Crippen LogP contribution in [0.2, 0.25) is 0 Å². The quantitative estimate of drug-likeness (QED) is 0.697. The van der Waals surface area contributed by atoms with Gasteiger partial charge >= 0.3 is 6.09 Å². The largest absolute Gasteiger partial charge is 0.442 e. The fourth-order valence-corrected chi connectivity index (χ4v) is 3.51. The minimum Gasteiger partial charge on any atom is -0.442 e. The Kier molecular flexibility index (Phi) is 5.58. The molecule has 1 amide bonds. The summed E-state index contributed by atoms with van der Waals surface area (Å²) in [5, 5.41) is 0. The molecule has 2 aliphatic heterocycles. The topological polar surface area (TPSA) is 76.2 Å². The van der Waals surface area contributed by atoms with Gasteiger partial charge in [0.15, 0.2) is 0 Å². The lowest BCUT2D eigenvalue weighted by molar-refractivity contribution is 0.0780. The number of carbonyl (C=O) groups excluding carboxylic acids is 1. The molecule has 0 aliphatic carbocycles. The van der Waals surface area contributed by atoms with E-state index in [1.54, 1.807) is 4.90 Å². The van der Waals surface area contributed by atoms with Crippen LogP contribution in [0.1, 0.15) is 33.6 Å². The maximum atomic E-state index is 11.9. The molecule has 2 aliphatic rings. The summed E-state index contributed by atoms with van der Waals surface area (Å²) >= 11 is 0. The van der Waals surface area contributed by atoms with Crippen molar-refractivity contribution in [2.45, 2.75) is 45.3 Å². The maximum absolute atomic E-state index is 11.9. The highest BCUT2D eigenvalue weighted by Gasteiger charge is 2.35. The SMILES string of the molecule is CC(C)(C)N1CCC(CN2CC(COS(C)(=O)=O)OC2=O)CC1. The predicted molar refractivity (Wildman–Crippen MR) is 86.7 cm³/mol. The first-order valence-corrected chi connectivity index (χ1v) is 9.91. The number of amides is 1. The molecule has 0 radical (unpaired) electrons. The van der Waals surface area contributed by atoms with Crippen LogP contribution in [-0.2, 0) is 19.0 Å². The lowest BCUT2D eigenvalue weighted by Crippen LogP contribution is -2.47. The van der Waals surface area contributed by atoms with E-state index in [2.05, 4.69) is 25.7 Å². The number of nitrogens with zero attached hydrogens (tertiary/aromatic N) is 2. The summed E-state index contributed by atoms with van der Waals surface area (Å²) in [7, 11) is -3.51. The van der Waals surface area contributed by atoms with E-state index in [1.807, 2.05) is 0 Å². The average molecular weight is 348 g/mol. The van der Waals surface area contributed by atoms with Crippen molar-refractivity contribution in [1.29, 1.82) is 0 Å². The number of cyclic esters (lactones) is 1. The van der Waals surface area contributed by atoms with Crippen molar-refractivity contribution in [3.63, 3.8) is 0 Å². The minimum atomic E-state index is -3.51. The van der Waals surface area contributed by atoms with Gasteiger partial charge in [-0.1, -0.05) is 0 Å². The van der Waals surface area contributed by atoms with Crippen LogP contribution in [0.3, 0.4) is 0 Å². The molecule has 23 heavy (non-hydrogen) atoms. The Labute approximate surface area is 139 Å². The van der Waals surface area contributed by atoms with Crippen molar-refractivity contribution < 1.29 is 22.1 Å². The van der Waals surface area contributed by atoms with Crippen LogP contribution in [0.4, 0.5) is 4.79 Å². The van der Waals surface area contributed by atoms with Crippen molar-refractivity contribution in [3.8, 4) is 0 Å². The Morgan fingerprint density at radius 1 is 1.26 bits per heavy atom. The van der Waals surface area contributed by atoms with Crippen molar-refractivity contribution in [3.05, 3.63) is 0 Å². The van der Waals surface area contributed by atoms with Gasteiger partial charge in [0.2, 0.25) is 0 Å². The molecule has 2 rings (SSSR count). The fraction of sp³-hybridized carbons (Fsp3) is 0.933. The Balaban J connectivity index is 1.77. The smallest absolute Gasteiger partial charge is 0.410 e. The van der Waals surface area contributed by atoms with Gasteiger partial charge in [-0.3, -0.25) is 9.08 Å². The van der Waals surface area contributed by atoms with E-state index in [4.69, 9.17) is 8.92 Å². The first-order valence-electron chi connectivity index (χ1n) is 8.09. The van der Waals surface area contributed by atoms with E-state index in [9.17, 15) is 13.2 Å². The number of ether oxygens (including phenoxy) is 1. The van der Waals surface area contributed by atoms with Crippen molar-refractivity contribution in [1.82, 2.24) is 9.80 Å². The second-order valence-electron chi connectivity index (χ2n) is 7.50. The molecule has 2 heterocycles. The standard InChI is InChI=1S/C15H28N2O5S/c1-15(2,3)17-7-5-12(6-8-17)9-16-10-13(22-14(16)18)11-21-23(4,19)20/h12-13H,5-11H2,1-4H3. The predicted octanol–water partition coefficient (Wildman–Crippen LogP) is 1.29. The first-order chi connectivity index (χ1) is 10.5. The molecule has 134 valence electrons. The van der Waals surface area contributed by atoms with Crippen LogP contribution in [0.5, 0.6) is 0 Å². The fourth-order valence-electron chi connectivity index (χ4n) is 3.11. The summed E-state index contributed by atoms with van der Waals surface area (Å²) in [5.74, 6) is 0.468. The van der Waals surface area contributed by atoms with E-state index < -0.39 is 16.2 Å². The van der Waals surface area contributed by atoms with Gasteiger partial charge in [0.1, 0.15) is 12.7 Å². The molecule has 0 N–H and O–H groups in total. The van der Waals surface area contributed by atoms with Crippen LogP contribution in [0.25, 0.3) is 0 Å². The summed E-state index contributed by atoms with van der Waals surface area (Å²) in [6.45, 7) is 9.70. The lowest BCUT2D eigenvalue weighted by atomic mass is 9.92. The number of carbonyl (C=O) groups is 1. The molecular weight excluding hydrogens is 320 g/mol. The summed E-state index contributed by atoms with van der Waals surface area (Å²) in [6, 6.07) is 0. The number of hydrogen-bond donors (Lipinski definition) is 0. The Hall–Kier alpha value is -0.860. The Morgan fingerprint density at radius 3 is 2.39 bits per heavy atom. The highest BCUT2D eigenvalue weighted by Crippen LogP contribution is 2.25. The molecular formula is C15H28N2O5S. The summed E-state index contributed by atoms with van der Waals surface area (Å²) < 4.78 is 31.9. The zero-order valence-corrected chi connectivity index (χ0v) is 15.3. The summed E-state index contributed by atoms with van der Waals surface area (Å²) in [4.78, 5) is 16.0. The molecule has 8 heteroatoms. The van der Waals surface area contributed by atoms with E-state index in [-0.39, 0.29) is 18.2 Å². The molecule has 2 saturated heterocycles. The number of hydrogen-bond acceptors (Lipinski definition) is 6. The van der Waals surface area contributed by atoms with Gasteiger partial charge in [-0.2, -0.15) is 8.42 Å². The van der Waals surface area contributed by atoms with Crippen LogP contribution >= 0.6 is 0 Å². The van der Waals surface area contributed by atoms with Gasteiger partial charge in [-0.25, -0.2) is 4.79 Å². The van der Waals surface area contributed by atoms with Gasteiger partial charge < -0.3 is 9.64 Å². The summed E-state index contributed by atoms with van der Waals surface area (Å²) in [6.07, 6.45) is 2.24. The second-order valence-corrected chi connectivity index (χ2v) is 9.14. The number of piperidine rings is 1. The van der Waals surface area contributed by atoms with E-state index in [0.29, 0.717) is 19.0 Å². The molecule has 0 bridgehead atoms. The molecule has 2 fully saturated rings. The third kappa shape index (κ3) is 5.61. The van der Waals surface area contributed by atoms with E-state index in [1.165, 1.54) is 0 Å². The first kappa shape index (κ1) is 18.5. The van der Waals surface area contributed by atoms with Crippen LogP contribution in [0, 0.1) is 5.92 Å². The molecule has 0 aromatic rings. The Morgan fingerprint density at radius 2 is 1.87 bits per heavy atom. The zero-order chi connectivity index (χ0) is 17.3. The van der Waals surface area contributed by atoms with Crippen LogP contribution in [0.15, 0.2) is 0 Å². The van der Waals surface area contributed by atoms with Crippen molar-refractivity contribution in [2.75, 3.05) is 39.0 Å². The van der Waals surface area contributed by atoms with E-state index in [0.717, 1.165) is 32.2 Å². The van der Waals surface area contributed by atoms with Crippen molar-refractivity contribution in [2.24, 2.45) is 5.92 Å². The average Bonchev–Trinajstić information content (AvgIpc) is 2.76. The van der Waals surface area contributed by atoms with Crippen molar-refractivity contribution >= 4 is 16.2 Å². The third-order valence-electron chi connectivity index (χ3n) is 4.46. The van der Waals surface area contributed by atoms with Gasteiger partial charge in [0, 0.05) is 12.1 Å². The molecule has 0 saturated carbocycles. The maximum Gasteiger partial charge on any atom is 0.410 e. The van der Waals surface area contributed by atoms with Crippen LogP contribution < -0.4 is 0 Å². The van der Waals surface area contributed by atoms with Crippen LogP contribution in [-0.4, -0.2) is 75.0 Å². The highest BCUT2D eigenvalue weighted by molar-refractivity contribution is 7.85. The van der Waals surface area contributed by atoms with Gasteiger partial charge in [-0.05, 0) is 52.6 Å². The molecule has 1 unspecified atom stereocenters. The second kappa shape index (κ2) is 6.94. The van der Waals surface area contributed by atoms with Gasteiger partial charge in [0.05, 0.1) is 12.8 Å². The molecule has 0 spiro atoms. The number of rotatable bonds is 5. The summed E-state index contributed by atoms with van der Waals surface area (Å²) in [5.41, 5.74) is 0.186. The minimum absolute atomic E-state index is 0.108. The highest BCUT2D eigenvalue weighted by atomic mass is 32.2. The zero-order valence-electron chi connectivity index (χ0n) is 14.4. The number of likely N-dealkylation sites (tertiary alicyclic amines) is 1. The third-order valence-corrected chi connectivity index (χ3v) is 5.02. The molecule has 7 nitrogen and oxygen atoms in total. The normalized spacial score (nSPS) is 25.0. The molecule has 0 aromatic heterocycles. The van der Waals surface area contributed by atoms with Gasteiger partial charge in [0.25, 0.3) is 10.1 Å². The van der Waals surface area contributed by atoms with Gasteiger partial charge in [-0.15, -0.1) is 0 Å². The Bertz CT molecular complexity index is 520.